The molecule has 21 heavy (non-hydrogen) atoms. The summed E-state index contributed by atoms with van der Waals surface area (Å²) in [4.78, 5) is 0. The Morgan fingerprint density at radius 3 is 2.71 bits per heavy atom. The first kappa shape index (κ1) is 15.0. The van der Waals surface area contributed by atoms with E-state index in [1.54, 1.807) is 0 Å². The molecule has 0 aliphatic carbocycles. The summed E-state index contributed by atoms with van der Waals surface area (Å²) < 4.78 is 11.5. The van der Waals surface area contributed by atoms with Gasteiger partial charge in [0.1, 0.15) is 0 Å². The molecule has 1 aromatic rings. The van der Waals surface area contributed by atoms with E-state index in [9.17, 15) is 0 Å². The largest absolute Gasteiger partial charge is 0.378 e. The first-order valence-corrected chi connectivity index (χ1v) is 8.21. The Morgan fingerprint density at radius 2 is 2.05 bits per heavy atom. The molecule has 0 saturated carbocycles. The van der Waals surface area contributed by atoms with Crippen LogP contribution in [0.3, 0.4) is 0 Å². The van der Waals surface area contributed by atoms with Crippen LogP contribution < -0.4 is 5.32 Å². The lowest BCUT2D eigenvalue weighted by Gasteiger charge is -2.37. The van der Waals surface area contributed by atoms with E-state index in [1.165, 1.54) is 11.1 Å². The minimum atomic E-state index is -0.00256. The lowest BCUT2D eigenvalue weighted by molar-refractivity contribution is -0.0894. The van der Waals surface area contributed by atoms with Crippen molar-refractivity contribution in [3.63, 3.8) is 0 Å². The minimum absolute atomic E-state index is 0.00256. The Balaban J connectivity index is 1.52. The van der Waals surface area contributed by atoms with Crippen molar-refractivity contribution in [2.24, 2.45) is 0 Å². The highest BCUT2D eigenvalue weighted by Crippen LogP contribution is 2.32. The Kier molecular flexibility index (Phi) is 4.63. The van der Waals surface area contributed by atoms with Gasteiger partial charge in [-0.3, -0.25) is 0 Å². The van der Waals surface area contributed by atoms with E-state index >= 15 is 0 Å². The van der Waals surface area contributed by atoms with Gasteiger partial charge in [-0.25, -0.2) is 0 Å². The van der Waals surface area contributed by atoms with Gasteiger partial charge >= 0.3 is 0 Å². The first-order chi connectivity index (χ1) is 10.2. The van der Waals surface area contributed by atoms with Crippen LogP contribution in [-0.4, -0.2) is 31.5 Å². The molecule has 0 amide bonds. The molecule has 2 unspecified atom stereocenters. The third-order valence-corrected chi connectivity index (χ3v) is 4.80. The van der Waals surface area contributed by atoms with Gasteiger partial charge in [-0.05, 0) is 29.9 Å². The molecule has 0 aromatic heterocycles. The van der Waals surface area contributed by atoms with Crippen LogP contribution >= 0.6 is 0 Å². The molecule has 2 saturated heterocycles. The summed E-state index contributed by atoms with van der Waals surface area (Å²) in [6.07, 6.45) is 3.23. The van der Waals surface area contributed by atoms with Crippen molar-refractivity contribution >= 4 is 0 Å². The first-order valence-electron chi connectivity index (χ1n) is 8.21. The molecule has 2 atom stereocenters. The topological polar surface area (TPSA) is 30.5 Å². The van der Waals surface area contributed by atoms with Gasteiger partial charge in [0.2, 0.25) is 0 Å². The fourth-order valence-electron chi connectivity index (χ4n) is 3.35. The van der Waals surface area contributed by atoms with Crippen LogP contribution in [0.25, 0.3) is 0 Å². The van der Waals surface area contributed by atoms with Crippen molar-refractivity contribution in [1.82, 2.24) is 5.32 Å². The molecule has 116 valence electrons. The summed E-state index contributed by atoms with van der Waals surface area (Å²) in [6, 6.07) is 9.53. The molecule has 1 spiro atoms. The van der Waals surface area contributed by atoms with Gasteiger partial charge in [0, 0.05) is 32.2 Å². The quantitative estimate of drug-likeness (QED) is 0.923. The van der Waals surface area contributed by atoms with Gasteiger partial charge in [-0.2, -0.15) is 0 Å². The van der Waals surface area contributed by atoms with Gasteiger partial charge in [-0.1, -0.05) is 38.1 Å². The maximum Gasteiger partial charge on any atom is 0.0951 e. The second kappa shape index (κ2) is 6.47. The van der Waals surface area contributed by atoms with E-state index in [0.29, 0.717) is 12.0 Å². The molecule has 2 aliphatic heterocycles. The van der Waals surface area contributed by atoms with Gasteiger partial charge in [0.15, 0.2) is 0 Å². The van der Waals surface area contributed by atoms with Crippen molar-refractivity contribution in [1.29, 1.82) is 0 Å². The van der Waals surface area contributed by atoms with Crippen LogP contribution in [0.2, 0.25) is 0 Å². The molecule has 3 nitrogen and oxygen atoms in total. The molecule has 2 fully saturated rings. The number of benzene rings is 1. The molecule has 0 bridgehead atoms. The molecular formula is C18H27NO2. The van der Waals surface area contributed by atoms with E-state index in [-0.39, 0.29) is 5.60 Å². The maximum atomic E-state index is 5.99. The number of ether oxygens (including phenoxy) is 2. The number of hydrogen-bond acceptors (Lipinski definition) is 3. The van der Waals surface area contributed by atoms with Gasteiger partial charge in [0.25, 0.3) is 0 Å². The highest BCUT2D eigenvalue weighted by atomic mass is 16.6. The summed E-state index contributed by atoms with van der Waals surface area (Å²) in [5.74, 6) is 0.602. The molecule has 2 aliphatic rings. The third-order valence-electron chi connectivity index (χ3n) is 4.80. The summed E-state index contributed by atoms with van der Waals surface area (Å²) in [7, 11) is 0. The Bertz CT molecular complexity index is 449. The highest BCUT2D eigenvalue weighted by Gasteiger charge is 2.40. The molecule has 2 heterocycles. The molecule has 3 heteroatoms. The van der Waals surface area contributed by atoms with Crippen molar-refractivity contribution in [3.05, 3.63) is 35.4 Å². The summed E-state index contributed by atoms with van der Waals surface area (Å²) in [5.41, 5.74) is 2.77. The number of nitrogens with one attached hydrogen (secondary N) is 1. The zero-order chi connectivity index (χ0) is 14.7. The predicted octanol–water partition coefficient (Wildman–Crippen LogP) is 3.24. The van der Waals surface area contributed by atoms with E-state index < -0.39 is 0 Å². The standard InChI is InChI=1S/C18H27NO2/c1-14(2)16-5-3-15(4-6-16)12-19-17-7-9-21-18(11-17)8-10-20-13-18/h3-6,14,17,19H,7-13H2,1-2H3. The number of hydrogen-bond donors (Lipinski definition) is 1. The summed E-state index contributed by atoms with van der Waals surface area (Å²) in [6.45, 7) is 7.89. The van der Waals surface area contributed by atoms with Crippen LogP contribution in [-0.2, 0) is 16.0 Å². The normalized spacial score (nSPS) is 29.4. The van der Waals surface area contributed by atoms with Gasteiger partial charge in [-0.15, -0.1) is 0 Å². The average Bonchev–Trinajstić information content (AvgIpc) is 2.93. The lowest BCUT2D eigenvalue weighted by Crippen LogP contribution is -2.47. The molecule has 1 aromatic carbocycles. The van der Waals surface area contributed by atoms with Gasteiger partial charge in [0.05, 0.1) is 12.2 Å². The van der Waals surface area contributed by atoms with Crippen LogP contribution in [0.1, 0.15) is 50.2 Å². The predicted molar refractivity (Wildman–Crippen MR) is 84.5 cm³/mol. The fraction of sp³-hybridized carbons (Fsp3) is 0.667. The zero-order valence-electron chi connectivity index (χ0n) is 13.2. The van der Waals surface area contributed by atoms with E-state index in [2.05, 4.69) is 43.4 Å². The third kappa shape index (κ3) is 3.65. The van der Waals surface area contributed by atoms with E-state index in [0.717, 1.165) is 45.6 Å². The Morgan fingerprint density at radius 1 is 1.24 bits per heavy atom. The lowest BCUT2D eigenvalue weighted by atomic mass is 9.89. The van der Waals surface area contributed by atoms with E-state index in [4.69, 9.17) is 9.47 Å². The van der Waals surface area contributed by atoms with Crippen LogP contribution in [0.4, 0.5) is 0 Å². The smallest absolute Gasteiger partial charge is 0.0951 e. The van der Waals surface area contributed by atoms with E-state index in [1.807, 2.05) is 0 Å². The molecule has 3 rings (SSSR count). The SMILES string of the molecule is CC(C)c1ccc(CNC2CCOC3(CCOC3)C2)cc1. The van der Waals surface area contributed by atoms with Crippen LogP contribution in [0.5, 0.6) is 0 Å². The minimum Gasteiger partial charge on any atom is -0.378 e. The Hall–Kier alpha value is -0.900. The zero-order valence-corrected chi connectivity index (χ0v) is 13.2. The highest BCUT2D eigenvalue weighted by molar-refractivity contribution is 5.24. The van der Waals surface area contributed by atoms with Crippen molar-refractivity contribution in [2.45, 2.75) is 57.2 Å². The maximum absolute atomic E-state index is 5.99. The van der Waals surface area contributed by atoms with Crippen molar-refractivity contribution in [2.75, 3.05) is 19.8 Å². The molecular weight excluding hydrogens is 262 g/mol. The van der Waals surface area contributed by atoms with Crippen molar-refractivity contribution in [3.8, 4) is 0 Å². The summed E-state index contributed by atoms with van der Waals surface area (Å²) in [5, 5.41) is 3.70. The van der Waals surface area contributed by atoms with Crippen LogP contribution in [0, 0.1) is 0 Å². The summed E-state index contributed by atoms with van der Waals surface area (Å²) >= 11 is 0. The second-order valence-electron chi connectivity index (χ2n) is 6.80. The molecule has 0 radical (unpaired) electrons. The van der Waals surface area contributed by atoms with Crippen molar-refractivity contribution < 1.29 is 9.47 Å². The molecule has 1 N–H and O–H groups in total. The van der Waals surface area contributed by atoms with Gasteiger partial charge < -0.3 is 14.8 Å². The Labute approximate surface area is 128 Å². The van der Waals surface area contributed by atoms with Crippen LogP contribution in [0.15, 0.2) is 24.3 Å². The monoisotopic (exact) mass is 289 g/mol. The average molecular weight is 289 g/mol. The fourth-order valence-corrected chi connectivity index (χ4v) is 3.35. The second-order valence-corrected chi connectivity index (χ2v) is 6.80. The number of rotatable bonds is 4.